The molecule has 0 saturated carbocycles. The molecule has 0 spiro atoms. The van der Waals surface area contributed by atoms with Crippen LogP contribution in [0.1, 0.15) is 15.9 Å². The molecule has 3 aromatic rings. The second kappa shape index (κ2) is 7.70. The molecule has 1 amide bonds. The normalized spacial score (nSPS) is 11.3. The Morgan fingerprint density at radius 1 is 1.08 bits per heavy atom. The first-order chi connectivity index (χ1) is 12.5. The molecule has 0 unspecified atom stereocenters. The summed E-state index contributed by atoms with van der Waals surface area (Å²) in [4.78, 5) is 16.8. The molecule has 3 rings (SSSR count). The van der Waals surface area contributed by atoms with Crippen molar-refractivity contribution in [3.05, 3.63) is 71.7 Å². The third-order valence-corrected chi connectivity index (χ3v) is 4.46. The van der Waals surface area contributed by atoms with Gasteiger partial charge in [0.2, 0.25) is 0 Å². The van der Waals surface area contributed by atoms with E-state index in [1.54, 1.807) is 18.0 Å². The van der Waals surface area contributed by atoms with E-state index in [1.807, 2.05) is 50.6 Å². The third-order valence-electron chi connectivity index (χ3n) is 4.46. The van der Waals surface area contributed by atoms with Crippen LogP contribution in [0, 0.1) is 5.82 Å². The van der Waals surface area contributed by atoms with Crippen molar-refractivity contribution in [2.24, 2.45) is 0 Å². The van der Waals surface area contributed by atoms with Crippen molar-refractivity contribution in [1.29, 1.82) is 0 Å². The summed E-state index contributed by atoms with van der Waals surface area (Å²) >= 11 is 0. The number of fused-ring (bicyclic) bond motifs is 1. The van der Waals surface area contributed by atoms with Crippen molar-refractivity contribution in [2.75, 3.05) is 27.7 Å². The number of para-hydroxylation sites is 1. The van der Waals surface area contributed by atoms with Crippen LogP contribution in [0.5, 0.6) is 0 Å². The first-order valence-corrected chi connectivity index (χ1v) is 8.68. The third kappa shape index (κ3) is 3.94. The molecule has 0 saturated heterocycles. The van der Waals surface area contributed by atoms with Crippen molar-refractivity contribution in [1.82, 2.24) is 14.4 Å². The minimum absolute atomic E-state index is 0.0611. The fraction of sp³-hybridized carbons (Fsp3) is 0.286. The standard InChI is InChI=1S/C21H24FN3O/c1-23(2)11-12-25-15-19(18-9-4-5-10-20(18)25)21(26)24(3)14-16-7-6-8-17(22)13-16/h4-10,13,15H,11-12,14H2,1-3H3. The lowest BCUT2D eigenvalue weighted by Gasteiger charge is -2.17. The highest BCUT2D eigenvalue weighted by atomic mass is 19.1. The number of hydrogen-bond donors (Lipinski definition) is 0. The van der Waals surface area contributed by atoms with Gasteiger partial charge in [-0.1, -0.05) is 30.3 Å². The molecule has 0 aliphatic rings. The maximum absolute atomic E-state index is 13.4. The van der Waals surface area contributed by atoms with Crippen LogP contribution < -0.4 is 0 Å². The Bertz CT molecular complexity index is 917. The van der Waals surface area contributed by atoms with Crippen LogP contribution in [0.3, 0.4) is 0 Å². The molecule has 26 heavy (non-hydrogen) atoms. The van der Waals surface area contributed by atoms with Crippen LogP contribution >= 0.6 is 0 Å². The predicted octanol–water partition coefficient (Wildman–Crippen LogP) is 3.61. The molecular formula is C21H24FN3O. The Balaban J connectivity index is 1.87. The Hall–Kier alpha value is -2.66. The number of carbonyl (C=O) groups excluding carboxylic acids is 1. The van der Waals surface area contributed by atoms with Gasteiger partial charge in [0, 0.05) is 43.8 Å². The summed E-state index contributed by atoms with van der Waals surface area (Å²) in [5.41, 5.74) is 2.51. The summed E-state index contributed by atoms with van der Waals surface area (Å²) < 4.78 is 15.5. The van der Waals surface area contributed by atoms with Crippen LogP contribution in [0.2, 0.25) is 0 Å². The first kappa shape index (κ1) is 18.1. The van der Waals surface area contributed by atoms with E-state index in [-0.39, 0.29) is 11.7 Å². The van der Waals surface area contributed by atoms with E-state index >= 15 is 0 Å². The average molecular weight is 353 g/mol. The number of halogens is 1. The van der Waals surface area contributed by atoms with E-state index in [4.69, 9.17) is 0 Å². The van der Waals surface area contributed by atoms with E-state index in [2.05, 4.69) is 9.47 Å². The van der Waals surface area contributed by atoms with E-state index in [9.17, 15) is 9.18 Å². The van der Waals surface area contributed by atoms with Crippen molar-refractivity contribution >= 4 is 16.8 Å². The first-order valence-electron chi connectivity index (χ1n) is 8.68. The molecule has 0 aliphatic heterocycles. The summed E-state index contributed by atoms with van der Waals surface area (Å²) in [6.07, 6.45) is 1.93. The average Bonchev–Trinajstić information content (AvgIpc) is 2.98. The summed E-state index contributed by atoms with van der Waals surface area (Å²) in [5.74, 6) is -0.349. The number of aromatic nitrogens is 1. The van der Waals surface area contributed by atoms with Crippen LogP contribution in [0.4, 0.5) is 4.39 Å². The monoisotopic (exact) mass is 353 g/mol. The molecule has 1 aromatic heterocycles. The second-order valence-corrected chi connectivity index (χ2v) is 6.85. The molecular weight excluding hydrogens is 329 g/mol. The van der Waals surface area contributed by atoms with E-state index in [0.717, 1.165) is 29.6 Å². The van der Waals surface area contributed by atoms with Crippen LogP contribution in [-0.4, -0.2) is 48.0 Å². The van der Waals surface area contributed by atoms with Crippen molar-refractivity contribution < 1.29 is 9.18 Å². The van der Waals surface area contributed by atoms with Gasteiger partial charge in [0.15, 0.2) is 0 Å². The quantitative estimate of drug-likeness (QED) is 0.677. The zero-order valence-corrected chi connectivity index (χ0v) is 15.4. The van der Waals surface area contributed by atoms with Crippen LogP contribution in [-0.2, 0) is 13.1 Å². The van der Waals surface area contributed by atoms with Gasteiger partial charge < -0.3 is 14.4 Å². The number of carbonyl (C=O) groups is 1. The summed E-state index contributed by atoms with van der Waals surface area (Å²) in [7, 11) is 5.81. The molecule has 4 nitrogen and oxygen atoms in total. The Labute approximate surface area is 153 Å². The van der Waals surface area contributed by atoms with Crippen molar-refractivity contribution in [3.8, 4) is 0 Å². The lowest BCUT2D eigenvalue weighted by atomic mass is 10.1. The summed E-state index contributed by atoms with van der Waals surface area (Å²) in [5, 5.41) is 0.947. The molecule has 5 heteroatoms. The van der Waals surface area contributed by atoms with E-state index in [1.165, 1.54) is 12.1 Å². The van der Waals surface area contributed by atoms with Crippen LogP contribution in [0.25, 0.3) is 10.9 Å². The molecule has 0 fully saturated rings. The number of hydrogen-bond acceptors (Lipinski definition) is 2. The molecule has 0 N–H and O–H groups in total. The van der Waals surface area contributed by atoms with E-state index in [0.29, 0.717) is 12.1 Å². The zero-order chi connectivity index (χ0) is 18.7. The highest BCUT2D eigenvalue weighted by Gasteiger charge is 2.18. The highest BCUT2D eigenvalue weighted by molar-refractivity contribution is 6.06. The highest BCUT2D eigenvalue weighted by Crippen LogP contribution is 2.23. The summed E-state index contributed by atoms with van der Waals surface area (Å²) in [6, 6.07) is 14.3. The van der Waals surface area contributed by atoms with Gasteiger partial charge >= 0.3 is 0 Å². The number of benzene rings is 2. The van der Waals surface area contributed by atoms with Gasteiger partial charge in [0.05, 0.1) is 5.56 Å². The molecule has 1 heterocycles. The van der Waals surface area contributed by atoms with Gasteiger partial charge in [-0.05, 0) is 37.9 Å². The lowest BCUT2D eigenvalue weighted by Crippen LogP contribution is -2.26. The fourth-order valence-corrected chi connectivity index (χ4v) is 3.10. The molecule has 2 aromatic carbocycles. The Morgan fingerprint density at radius 2 is 1.85 bits per heavy atom. The van der Waals surface area contributed by atoms with Gasteiger partial charge in [-0.2, -0.15) is 0 Å². The van der Waals surface area contributed by atoms with Gasteiger partial charge in [0.1, 0.15) is 5.82 Å². The minimum atomic E-state index is -0.288. The Kier molecular flexibility index (Phi) is 5.38. The maximum Gasteiger partial charge on any atom is 0.256 e. The molecule has 0 bridgehead atoms. The molecule has 0 aliphatic carbocycles. The summed E-state index contributed by atoms with van der Waals surface area (Å²) in [6.45, 7) is 2.08. The number of nitrogens with zero attached hydrogens (tertiary/aromatic N) is 3. The van der Waals surface area contributed by atoms with E-state index < -0.39 is 0 Å². The van der Waals surface area contributed by atoms with Gasteiger partial charge in [-0.15, -0.1) is 0 Å². The smallest absolute Gasteiger partial charge is 0.256 e. The molecule has 0 atom stereocenters. The molecule has 136 valence electrons. The lowest BCUT2D eigenvalue weighted by molar-refractivity contribution is 0.0786. The predicted molar refractivity (Wildman–Crippen MR) is 103 cm³/mol. The van der Waals surface area contributed by atoms with Crippen LogP contribution in [0.15, 0.2) is 54.7 Å². The maximum atomic E-state index is 13.4. The second-order valence-electron chi connectivity index (χ2n) is 6.85. The van der Waals surface area contributed by atoms with Gasteiger partial charge in [0.25, 0.3) is 5.91 Å². The topological polar surface area (TPSA) is 28.5 Å². The largest absolute Gasteiger partial charge is 0.345 e. The van der Waals surface area contributed by atoms with Gasteiger partial charge in [-0.3, -0.25) is 4.79 Å². The number of amides is 1. The zero-order valence-electron chi connectivity index (χ0n) is 15.4. The SMILES string of the molecule is CN(C)CCn1cc(C(=O)N(C)Cc2cccc(F)c2)c2ccccc21. The number of rotatable bonds is 6. The van der Waals surface area contributed by atoms with Crippen molar-refractivity contribution in [2.45, 2.75) is 13.1 Å². The Morgan fingerprint density at radius 3 is 2.58 bits per heavy atom. The van der Waals surface area contributed by atoms with Crippen molar-refractivity contribution in [3.63, 3.8) is 0 Å². The fourth-order valence-electron chi connectivity index (χ4n) is 3.10. The minimum Gasteiger partial charge on any atom is -0.345 e. The van der Waals surface area contributed by atoms with Gasteiger partial charge in [-0.25, -0.2) is 4.39 Å². The number of likely N-dealkylation sites (N-methyl/N-ethyl adjacent to an activating group) is 1. The molecule has 0 radical (unpaired) electrons.